The second-order valence-electron chi connectivity index (χ2n) is 12.2. The molecule has 0 aliphatic carbocycles. The molecule has 0 saturated carbocycles. The van der Waals surface area contributed by atoms with Gasteiger partial charge in [0.25, 0.3) is 15.7 Å². The molecule has 1 aromatic rings. The average molecular weight is 572 g/mol. The molecule has 2 saturated heterocycles. The van der Waals surface area contributed by atoms with E-state index in [0.717, 1.165) is 36.2 Å². The van der Waals surface area contributed by atoms with E-state index < -0.39 is 53.7 Å². The number of nitrogens with zero attached hydrogens (tertiary/aromatic N) is 4. The molecule has 3 aliphatic heterocycles. The van der Waals surface area contributed by atoms with Gasteiger partial charge in [-0.2, -0.15) is 8.42 Å². The van der Waals surface area contributed by atoms with E-state index in [4.69, 9.17) is 19.1 Å². The minimum Gasteiger partial charge on any atom is -0.406 e. The summed E-state index contributed by atoms with van der Waals surface area (Å²) in [6.45, 7) is 15.4. The van der Waals surface area contributed by atoms with Crippen molar-refractivity contribution in [2.24, 2.45) is 12.8 Å². The van der Waals surface area contributed by atoms with E-state index in [0.29, 0.717) is 12.1 Å². The van der Waals surface area contributed by atoms with Crippen LogP contribution in [0.4, 0.5) is 0 Å². The van der Waals surface area contributed by atoms with Crippen molar-refractivity contribution < 1.29 is 21.8 Å². The van der Waals surface area contributed by atoms with Gasteiger partial charge in [0.2, 0.25) is 0 Å². The van der Waals surface area contributed by atoms with Crippen molar-refractivity contribution in [1.82, 2.24) is 18.9 Å². The Morgan fingerprint density at radius 3 is 2.29 bits per heavy atom. The number of rotatable bonds is 5. The van der Waals surface area contributed by atoms with Gasteiger partial charge in [0.05, 0.1) is 11.1 Å². The Morgan fingerprint density at radius 2 is 1.76 bits per heavy atom. The molecule has 4 heterocycles. The molecule has 1 spiro atoms. The fourth-order valence-corrected chi connectivity index (χ4v) is 7.53. The van der Waals surface area contributed by atoms with Gasteiger partial charge in [0.15, 0.2) is 20.1 Å². The number of aryl methyl sites for hydroxylation is 1. The van der Waals surface area contributed by atoms with E-state index in [2.05, 4.69) is 30.6 Å². The Balaban J connectivity index is 1.89. The van der Waals surface area contributed by atoms with Gasteiger partial charge in [-0.3, -0.25) is 18.8 Å². The molecule has 0 bridgehead atoms. The molecule has 4 atom stereocenters. The Labute approximate surface area is 225 Å². The summed E-state index contributed by atoms with van der Waals surface area (Å²) in [5, 5.41) is 0.668. The monoisotopic (exact) mass is 571 g/mol. The summed E-state index contributed by atoms with van der Waals surface area (Å²) in [6.07, 6.45) is -1.57. The summed E-state index contributed by atoms with van der Waals surface area (Å²) in [5.41, 5.74) is 4.11. The zero-order valence-electron chi connectivity index (χ0n) is 23.6. The van der Waals surface area contributed by atoms with Crippen molar-refractivity contribution in [3.8, 4) is 0 Å². The minimum absolute atomic E-state index is 0.0163. The van der Waals surface area contributed by atoms with Crippen LogP contribution >= 0.6 is 0 Å². The summed E-state index contributed by atoms with van der Waals surface area (Å²) in [4.78, 5) is 30.2. The zero-order chi connectivity index (χ0) is 28.4. The molecule has 38 heavy (non-hydrogen) atoms. The van der Waals surface area contributed by atoms with Gasteiger partial charge < -0.3 is 19.8 Å². The van der Waals surface area contributed by atoms with Crippen molar-refractivity contribution >= 4 is 18.4 Å². The zero-order valence-corrected chi connectivity index (χ0v) is 25.4. The second kappa shape index (κ2) is 9.68. The van der Waals surface area contributed by atoms with Gasteiger partial charge in [-0.1, -0.05) is 20.8 Å². The molecule has 12 nitrogen and oxygen atoms in total. The molecule has 14 heteroatoms. The van der Waals surface area contributed by atoms with E-state index in [-0.39, 0.29) is 10.7 Å². The maximum Gasteiger partial charge on any atom is 0.332 e. The molecule has 0 unspecified atom stereocenters. The fraction of sp³-hybridized carbons (Fsp3) is 0.750. The highest BCUT2D eigenvalue weighted by Gasteiger charge is 2.67. The second-order valence-corrected chi connectivity index (χ2v) is 18.4. The highest BCUT2D eigenvalue weighted by Crippen LogP contribution is 2.51. The van der Waals surface area contributed by atoms with Gasteiger partial charge in [0, 0.05) is 51.5 Å². The molecule has 0 amide bonds. The summed E-state index contributed by atoms with van der Waals surface area (Å²) >= 11 is 0. The van der Waals surface area contributed by atoms with E-state index in [1.165, 1.54) is 17.8 Å². The Hall–Kier alpha value is -1.81. The predicted molar refractivity (Wildman–Crippen MR) is 146 cm³/mol. The SMILES string of the molecule is Cc1cn([C@@H]2O[C@H](CN3CCN(C)CC3)[C@@]3(OS(=O)(=O)C=C3N)[C@H]2O[Si](C)(C)C(C)(C)C)c(=O)n(C)c1=O. The number of aromatic nitrogens is 2. The summed E-state index contributed by atoms with van der Waals surface area (Å²) in [7, 11) is -3.29. The van der Waals surface area contributed by atoms with Crippen molar-refractivity contribution in [2.45, 2.75) is 69.9 Å². The third-order valence-electron chi connectivity index (χ3n) is 8.44. The minimum atomic E-state index is -4.13. The number of hydrogen-bond donors (Lipinski definition) is 1. The van der Waals surface area contributed by atoms with Crippen LogP contribution in [-0.2, 0) is 30.5 Å². The highest BCUT2D eigenvalue weighted by molar-refractivity contribution is 7.90. The first-order chi connectivity index (χ1) is 17.4. The van der Waals surface area contributed by atoms with Crippen molar-refractivity contribution in [2.75, 3.05) is 39.8 Å². The molecule has 4 rings (SSSR count). The maximum absolute atomic E-state index is 13.4. The number of nitrogens with two attached hydrogens (primary N) is 1. The summed E-state index contributed by atoms with van der Waals surface area (Å²) in [5.74, 6) is 0. The predicted octanol–water partition coefficient (Wildman–Crippen LogP) is 0.290. The van der Waals surface area contributed by atoms with E-state index >= 15 is 0 Å². The molecule has 0 radical (unpaired) electrons. The third kappa shape index (κ3) is 4.95. The van der Waals surface area contributed by atoms with Crippen LogP contribution in [0.2, 0.25) is 18.1 Å². The van der Waals surface area contributed by atoms with Crippen LogP contribution in [-0.4, -0.2) is 93.2 Å². The van der Waals surface area contributed by atoms with Crippen molar-refractivity contribution in [3.05, 3.63) is 43.7 Å². The van der Waals surface area contributed by atoms with Crippen LogP contribution in [0.5, 0.6) is 0 Å². The molecule has 1 aromatic heterocycles. The van der Waals surface area contributed by atoms with Crippen LogP contribution < -0.4 is 17.0 Å². The largest absolute Gasteiger partial charge is 0.406 e. The summed E-state index contributed by atoms with van der Waals surface area (Å²) < 4.78 is 47.3. The van der Waals surface area contributed by atoms with E-state index in [9.17, 15) is 18.0 Å². The van der Waals surface area contributed by atoms with Crippen LogP contribution in [0.15, 0.2) is 26.9 Å². The van der Waals surface area contributed by atoms with Gasteiger partial charge in [-0.05, 0) is 32.1 Å². The highest BCUT2D eigenvalue weighted by atomic mass is 32.2. The molecule has 2 N–H and O–H groups in total. The Morgan fingerprint density at radius 1 is 1.16 bits per heavy atom. The summed E-state index contributed by atoms with van der Waals surface area (Å²) in [6, 6.07) is 0. The Kier molecular flexibility index (Phi) is 7.43. The van der Waals surface area contributed by atoms with Crippen LogP contribution in [0.25, 0.3) is 0 Å². The van der Waals surface area contributed by atoms with Crippen molar-refractivity contribution in [3.63, 3.8) is 0 Å². The lowest BCUT2D eigenvalue weighted by atomic mass is 9.88. The average Bonchev–Trinajstić information content (AvgIpc) is 3.22. The third-order valence-corrected chi connectivity index (χ3v) is 14.0. The van der Waals surface area contributed by atoms with Crippen LogP contribution in [0, 0.1) is 6.92 Å². The lowest BCUT2D eigenvalue weighted by Gasteiger charge is -2.44. The van der Waals surface area contributed by atoms with Crippen LogP contribution in [0.1, 0.15) is 32.6 Å². The smallest absolute Gasteiger partial charge is 0.332 e. The Bertz CT molecular complexity index is 1340. The topological polar surface area (TPSA) is 138 Å². The first kappa shape index (κ1) is 29.2. The number of piperazine rings is 1. The van der Waals surface area contributed by atoms with Gasteiger partial charge >= 0.3 is 5.69 Å². The fourth-order valence-electron chi connectivity index (χ4n) is 5.02. The standard InChI is InChI=1S/C24H41N5O7SSi/c1-16-13-29(22(31)27(6)20(16)30)21-19(35-38(7,8)23(2,3)4)24(17(25)15-37(32,33)36-24)18(34-21)14-28-11-9-26(5)10-12-28/h13,15,18-19,21H,9-12,14,25H2,1-8H3/t18-,19+,21-,24-/m1/s1. The van der Waals surface area contributed by atoms with Crippen LogP contribution in [0.3, 0.4) is 0 Å². The lowest BCUT2D eigenvalue weighted by Crippen LogP contribution is -2.60. The maximum atomic E-state index is 13.4. The molecule has 0 aromatic carbocycles. The first-order valence-corrected chi connectivity index (χ1v) is 17.2. The lowest BCUT2D eigenvalue weighted by molar-refractivity contribution is -0.0539. The molecular weight excluding hydrogens is 530 g/mol. The van der Waals surface area contributed by atoms with Crippen molar-refractivity contribution in [1.29, 1.82) is 0 Å². The quantitative estimate of drug-likeness (QED) is 0.388. The number of likely N-dealkylation sites (N-methyl/N-ethyl adjacent to an activating group) is 1. The first-order valence-electron chi connectivity index (χ1n) is 12.9. The van der Waals surface area contributed by atoms with Gasteiger partial charge in [-0.15, -0.1) is 0 Å². The van der Waals surface area contributed by atoms with Gasteiger partial charge in [0.1, 0.15) is 12.2 Å². The molecular formula is C24H41N5O7SSi. The molecule has 3 aliphatic rings. The van der Waals surface area contributed by atoms with E-state index in [1.54, 1.807) is 6.92 Å². The van der Waals surface area contributed by atoms with E-state index in [1.807, 2.05) is 20.1 Å². The van der Waals surface area contributed by atoms with Gasteiger partial charge in [-0.25, -0.2) is 8.98 Å². The number of ether oxygens (including phenoxy) is 1. The molecule has 2 fully saturated rings. The number of hydrogen-bond acceptors (Lipinski definition) is 10. The normalized spacial score (nSPS) is 30.7. The molecule has 214 valence electrons.